The molecule has 0 aromatic heterocycles. The molecule has 1 nitrogen and oxygen atoms in total. The van der Waals surface area contributed by atoms with Crippen molar-refractivity contribution >= 4 is 6.08 Å². The number of hydrogen-bond donors (Lipinski definition) is 1. The van der Waals surface area contributed by atoms with Gasteiger partial charge >= 0.3 is 0 Å². The Labute approximate surface area is 113 Å². The third-order valence-electron chi connectivity index (χ3n) is 3.02. The van der Waals surface area contributed by atoms with E-state index in [1.807, 2.05) is 43.3 Å². The molecule has 0 fully saturated rings. The molecule has 0 aliphatic rings. The lowest BCUT2D eigenvalue weighted by Gasteiger charge is -2.13. The normalized spacial score (nSPS) is 12.7. The maximum atomic E-state index is 13.6. The summed E-state index contributed by atoms with van der Waals surface area (Å²) in [6, 6.07) is 17.0. The summed E-state index contributed by atoms with van der Waals surface area (Å²) in [5, 5.41) is 3.28. The van der Waals surface area contributed by atoms with Crippen LogP contribution in [0.15, 0.2) is 60.7 Å². The molecule has 0 saturated heterocycles. The largest absolute Gasteiger partial charge is 0.307 e. The molecule has 0 unspecified atom stereocenters. The first-order valence-corrected chi connectivity index (χ1v) is 6.47. The Balaban J connectivity index is 1.86. The second kappa shape index (κ2) is 6.86. The van der Waals surface area contributed by atoms with E-state index < -0.39 is 0 Å². The van der Waals surface area contributed by atoms with E-state index in [1.54, 1.807) is 6.07 Å². The minimum absolute atomic E-state index is 0.00150. The molecule has 0 aliphatic heterocycles. The van der Waals surface area contributed by atoms with E-state index in [4.69, 9.17) is 0 Å². The zero-order valence-electron chi connectivity index (χ0n) is 11.0. The fourth-order valence-electron chi connectivity index (χ4n) is 1.94. The molecule has 0 radical (unpaired) electrons. The first-order valence-electron chi connectivity index (χ1n) is 6.47. The number of benzene rings is 2. The Hall–Kier alpha value is -1.93. The Morgan fingerprint density at radius 1 is 1.05 bits per heavy atom. The van der Waals surface area contributed by atoms with Crippen LogP contribution < -0.4 is 5.32 Å². The van der Waals surface area contributed by atoms with E-state index in [-0.39, 0.29) is 11.9 Å². The molecule has 0 heterocycles. The SMILES string of the molecule is C[C@@H](NC/C=C/c1ccccc1)c1ccccc1F. The van der Waals surface area contributed by atoms with Gasteiger partial charge in [-0.2, -0.15) is 0 Å². The van der Waals surface area contributed by atoms with Gasteiger partial charge in [-0.15, -0.1) is 0 Å². The maximum Gasteiger partial charge on any atom is 0.127 e. The quantitative estimate of drug-likeness (QED) is 0.844. The summed E-state index contributed by atoms with van der Waals surface area (Å²) in [4.78, 5) is 0. The van der Waals surface area contributed by atoms with Gasteiger partial charge in [-0.05, 0) is 18.6 Å². The summed E-state index contributed by atoms with van der Waals surface area (Å²) in [6.45, 7) is 2.68. The molecule has 0 saturated carbocycles. The monoisotopic (exact) mass is 255 g/mol. The molecule has 0 aliphatic carbocycles. The zero-order chi connectivity index (χ0) is 13.5. The Bertz CT molecular complexity index is 534. The number of hydrogen-bond acceptors (Lipinski definition) is 1. The molecule has 2 aromatic rings. The summed E-state index contributed by atoms with van der Waals surface area (Å²) in [5.41, 5.74) is 1.87. The molecule has 0 amide bonds. The van der Waals surface area contributed by atoms with E-state index >= 15 is 0 Å². The van der Waals surface area contributed by atoms with E-state index in [9.17, 15) is 4.39 Å². The predicted molar refractivity (Wildman–Crippen MR) is 78.3 cm³/mol. The van der Waals surface area contributed by atoms with Gasteiger partial charge in [-0.1, -0.05) is 60.7 Å². The summed E-state index contributed by atoms with van der Waals surface area (Å²) in [5.74, 6) is -0.158. The van der Waals surface area contributed by atoms with Crippen molar-refractivity contribution < 1.29 is 4.39 Å². The van der Waals surface area contributed by atoms with Gasteiger partial charge in [-0.3, -0.25) is 0 Å². The van der Waals surface area contributed by atoms with Crippen LogP contribution in [0.3, 0.4) is 0 Å². The molecule has 0 spiro atoms. The Kier molecular flexibility index (Phi) is 4.87. The van der Waals surface area contributed by atoms with Crippen LogP contribution in [0.25, 0.3) is 6.08 Å². The minimum Gasteiger partial charge on any atom is -0.307 e. The second-order valence-electron chi connectivity index (χ2n) is 4.46. The summed E-state index contributed by atoms with van der Waals surface area (Å²) in [7, 11) is 0. The van der Waals surface area contributed by atoms with E-state index in [0.29, 0.717) is 12.1 Å². The standard InChI is InChI=1S/C17H18FN/c1-14(16-11-5-6-12-17(16)18)19-13-7-10-15-8-3-2-4-9-15/h2-12,14,19H,13H2,1H3/b10-7+/t14-/m1/s1. The average molecular weight is 255 g/mol. The van der Waals surface area contributed by atoms with Crippen LogP contribution in [0.2, 0.25) is 0 Å². The average Bonchev–Trinajstić information content (AvgIpc) is 2.45. The highest BCUT2D eigenvalue weighted by atomic mass is 19.1. The van der Waals surface area contributed by atoms with Crippen molar-refractivity contribution in [2.45, 2.75) is 13.0 Å². The number of nitrogens with one attached hydrogen (secondary N) is 1. The van der Waals surface area contributed by atoms with Gasteiger partial charge in [0.15, 0.2) is 0 Å². The molecule has 2 rings (SSSR count). The lowest BCUT2D eigenvalue weighted by atomic mass is 10.1. The molecule has 2 aromatic carbocycles. The minimum atomic E-state index is -0.158. The van der Waals surface area contributed by atoms with Crippen LogP contribution in [0.4, 0.5) is 4.39 Å². The van der Waals surface area contributed by atoms with E-state index in [2.05, 4.69) is 23.5 Å². The molecule has 1 atom stereocenters. The summed E-state index contributed by atoms with van der Waals surface area (Å²) >= 11 is 0. The lowest BCUT2D eigenvalue weighted by molar-refractivity contribution is 0.549. The van der Waals surface area contributed by atoms with Crippen molar-refractivity contribution in [3.8, 4) is 0 Å². The fraction of sp³-hybridized carbons (Fsp3) is 0.176. The van der Waals surface area contributed by atoms with Crippen molar-refractivity contribution in [2.24, 2.45) is 0 Å². The van der Waals surface area contributed by atoms with Gasteiger partial charge in [0.1, 0.15) is 5.82 Å². The summed E-state index contributed by atoms with van der Waals surface area (Å²) in [6.07, 6.45) is 4.10. The van der Waals surface area contributed by atoms with Crippen LogP contribution in [-0.4, -0.2) is 6.54 Å². The van der Waals surface area contributed by atoms with Crippen LogP contribution in [0.1, 0.15) is 24.1 Å². The molecule has 1 N–H and O–H groups in total. The van der Waals surface area contributed by atoms with Gasteiger partial charge in [-0.25, -0.2) is 4.39 Å². The Morgan fingerprint density at radius 2 is 1.74 bits per heavy atom. The van der Waals surface area contributed by atoms with Crippen LogP contribution in [-0.2, 0) is 0 Å². The van der Waals surface area contributed by atoms with E-state index in [0.717, 1.165) is 0 Å². The fourth-order valence-corrected chi connectivity index (χ4v) is 1.94. The van der Waals surface area contributed by atoms with Crippen molar-refractivity contribution in [3.63, 3.8) is 0 Å². The molecule has 19 heavy (non-hydrogen) atoms. The van der Waals surface area contributed by atoms with Crippen molar-refractivity contribution in [2.75, 3.05) is 6.54 Å². The molecular formula is C17H18FN. The van der Waals surface area contributed by atoms with Crippen molar-refractivity contribution in [1.29, 1.82) is 0 Å². The van der Waals surface area contributed by atoms with Crippen LogP contribution >= 0.6 is 0 Å². The third kappa shape index (κ3) is 4.04. The molecular weight excluding hydrogens is 237 g/mol. The molecule has 0 bridgehead atoms. The number of rotatable bonds is 5. The smallest absolute Gasteiger partial charge is 0.127 e. The first kappa shape index (κ1) is 13.5. The van der Waals surface area contributed by atoms with Gasteiger partial charge in [0, 0.05) is 18.2 Å². The number of halogens is 1. The third-order valence-corrected chi connectivity index (χ3v) is 3.02. The molecule has 98 valence electrons. The first-order chi connectivity index (χ1) is 9.27. The van der Waals surface area contributed by atoms with Crippen molar-refractivity contribution in [1.82, 2.24) is 5.32 Å². The summed E-state index contributed by atoms with van der Waals surface area (Å²) < 4.78 is 13.6. The van der Waals surface area contributed by atoms with Crippen LogP contribution in [0, 0.1) is 5.82 Å². The highest BCUT2D eigenvalue weighted by molar-refractivity contribution is 5.48. The topological polar surface area (TPSA) is 12.0 Å². The van der Waals surface area contributed by atoms with Crippen molar-refractivity contribution in [3.05, 3.63) is 77.6 Å². The Morgan fingerprint density at radius 3 is 2.47 bits per heavy atom. The lowest BCUT2D eigenvalue weighted by Crippen LogP contribution is -2.19. The predicted octanol–water partition coefficient (Wildman–Crippen LogP) is 4.19. The van der Waals surface area contributed by atoms with E-state index in [1.165, 1.54) is 11.6 Å². The zero-order valence-corrected chi connectivity index (χ0v) is 11.0. The van der Waals surface area contributed by atoms with Gasteiger partial charge < -0.3 is 5.32 Å². The van der Waals surface area contributed by atoms with Gasteiger partial charge in [0.05, 0.1) is 0 Å². The highest BCUT2D eigenvalue weighted by Gasteiger charge is 2.07. The van der Waals surface area contributed by atoms with Gasteiger partial charge in [0.2, 0.25) is 0 Å². The maximum absolute atomic E-state index is 13.6. The highest BCUT2D eigenvalue weighted by Crippen LogP contribution is 2.15. The second-order valence-corrected chi connectivity index (χ2v) is 4.46. The van der Waals surface area contributed by atoms with Crippen LogP contribution in [0.5, 0.6) is 0 Å². The molecule has 2 heteroatoms. The van der Waals surface area contributed by atoms with Gasteiger partial charge in [0.25, 0.3) is 0 Å².